The van der Waals surface area contributed by atoms with Crippen LogP contribution in [0.25, 0.3) is 0 Å². The maximum absolute atomic E-state index is 5.28. The van der Waals surface area contributed by atoms with Crippen LogP contribution < -0.4 is 10.6 Å². The summed E-state index contributed by atoms with van der Waals surface area (Å²) in [6.45, 7) is 6.56. The summed E-state index contributed by atoms with van der Waals surface area (Å²) in [5.41, 5.74) is 0. The van der Waals surface area contributed by atoms with Crippen molar-refractivity contribution in [1.29, 1.82) is 0 Å². The van der Waals surface area contributed by atoms with E-state index in [4.69, 9.17) is 12.2 Å². The maximum atomic E-state index is 5.28. The molecule has 0 saturated heterocycles. The summed E-state index contributed by atoms with van der Waals surface area (Å²) in [6, 6.07) is 0. The molecule has 132 valence electrons. The zero-order valence-corrected chi connectivity index (χ0v) is 16.0. The van der Waals surface area contributed by atoms with Gasteiger partial charge in [-0.2, -0.15) is 0 Å². The summed E-state index contributed by atoms with van der Waals surface area (Å²) in [7, 11) is 0. The van der Waals surface area contributed by atoms with Gasteiger partial charge in [-0.1, -0.05) is 90.9 Å². The zero-order valence-electron chi connectivity index (χ0n) is 15.2. The fourth-order valence-corrected chi connectivity index (χ4v) is 2.83. The lowest BCUT2D eigenvalue weighted by Crippen LogP contribution is -2.36. The van der Waals surface area contributed by atoms with Crippen LogP contribution in [0.2, 0.25) is 0 Å². The molecule has 22 heavy (non-hydrogen) atoms. The van der Waals surface area contributed by atoms with Crippen LogP contribution in [0.15, 0.2) is 0 Å². The summed E-state index contributed by atoms with van der Waals surface area (Å²) in [6.07, 6.45) is 19.0. The van der Waals surface area contributed by atoms with Crippen LogP contribution >= 0.6 is 12.2 Å². The molecule has 0 heterocycles. The number of hydrogen-bond acceptors (Lipinski definition) is 1. The predicted molar refractivity (Wildman–Crippen MR) is 105 cm³/mol. The van der Waals surface area contributed by atoms with E-state index in [9.17, 15) is 0 Å². The molecule has 2 N–H and O–H groups in total. The molecule has 0 spiro atoms. The molecule has 0 atom stereocenters. The second-order valence-electron chi connectivity index (χ2n) is 6.43. The van der Waals surface area contributed by atoms with Gasteiger partial charge in [-0.15, -0.1) is 0 Å². The minimum atomic E-state index is 0.840. The molecule has 0 unspecified atom stereocenters. The topological polar surface area (TPSA) is 24.1 Å². The second-order valence-corrected chi connectivity index (χ2v) is 6.83. The first-order valence-electron chi connectivity index (χ1n) is 9.83. The van der Waals surface area contributed by atoms with E-state index in [0.717, 1.165) is 18.2 Å². The summed E-state index contributed by atoms with van der Waals surface area (Å²) in [5.74, 6) is 0. The Morgan fingerprint density at radius 3 is 1.27 bits per heavy atom. The summed E-state index contributed by atoms with van der Waals surface area (Å²) < 4.78 is 0. The molecular formula is C19H40N2S. The highest BCUT2D eigenvalue weighted by atomic mass is 32.1. The summed E-state index contributed by atoms with van der Waals surface area (Å²) in [4.78, 5) is 0. The van der Waals surface area contributed by atoms with Gasteiger partial charge in [0.05, 0.1) is 0 Å². The molecule has 0 aliphatic rings. The van der Waals surface area contributed by atoms with Crippen molar-refractivity contribution < 1.29 is 0 Å². The second kappa shape index (κ2) is 18.7. The van der Waals surface area contributed by atoms with E-state index in [2.05, 4.69) is 24.5 Å². The van der Waals surface area contributed by atoms with E-state index in [-0.39, 0.29) is 0 Å². The van der Waals surface area contributed by atoms with E-state index >= 15 is 0 Å². The van der Waals surface area contributed by atoms with Gasteiger partial charge in [0.2, 0.25) is 0 Å². The normalized spacial score (nSPS) is 10.6. The number of thiocarbonyl (C=S) groups is 1. The lowest BCUT2D eigenvalue weighted by molar-refractivity contribution is 0.554. The molecule has 0 aromatic rings. The fraction of sp³-hybridized carbons (Fsp3) is 0.947. The lowest BCUT2D eigenvalue weighted by Gasteiger charge is -2.10. The Hall–Kier alpha value is -0.310. The van der Waals surface area contributed by atoms with Gasteiger partial charge < -0.3 is 10.6 Å². The Bertz CT molecular complexity index is 231. The standard InChI is InChI=1S/C19H40N2S/c1-3-5-7-9-10-11-12-13-14-16-18-21-19(22)20-17-15-8-6-4-2/h3-18H2,1-2H3,(H2,20,21,22). The smallest absolute Gasteiger partial charge is 0.166 e. The molecule has 0 bridgehead atoms. The highest BCUT2D eigenvalue weighted by Gasteiger charge is 1.96. The van der Waals surface area contributed by atoms with Crippen LogP contribution in [-0.2, 0) is 0 Å². The quantitative estimate of drug-likeness (QED) is 0.270. The monoisotopic (exact) mass is 328 g/mol. The summed E-state index contributed by atoms with van der Waals surface area (Å²) in [5, 5.41) is 7.46. The number of rotatable bonds is 16. The van der Waals surface area contributed by atoms with Crippen molar-refractivity contribution in [3.05, 3.63) is 0 Å². The Morgan fingerprint density at radius 2 is 0.864 bits per heavy atom. The SMILES string of the molecule is CCCCCCCCCCCCNC(=S)NCCCCCC. The first kappa shape index (κ1) is 21.7. The van der Waals surface area contributed by atoms with Gasteiger partial charge in [-0.3, -0.25) is 0 Å². The van der Waals surface area contributed by atoms with Crippen molar-refractivity contribution in [2.24, 2.45) is 0 Å². The van der Waals surface area contributed by atoms with Crippen molar-refractivity contribution >= 4 is 17.3 Å². The molecule has 0 amide bonds. The van der Waals surface area contributed by atoms with Crippen molar-refractivity contribution in [3.8, 4) is 0 Å². The molecule has 3 heteroatoms. The maximum Gasteiger partial charge on any atom is 0.166 e. The Morgan fingerprint density at radius 1 is 0.545 bits per heavy atom. The molecule has 0 fully saturated rings. The molecule has 0 rings (SSSR count). The van der Waals surface area contributed by atoms with Gasteiger partial charge in [-0.25, -0.2) is 0 Å². The molecule has 0 saturated carbocycles. The highest BCUT2D eigenvalue weighted by molar-refractivity contribution is 7.80. The predicted octanol–water partition coefficient (Wildman–Crippen LogP) is 5.95. The molecule has 0 radical (unpaired) electrons. The molecule has 0 aliphatic carbocycles. The van der Waals surface area contributed by atoms with Gasteiger partial charge in [-0.05, 0) is 25.1 Å². The van der Waals surface area contributed by atoms with Gasteiger partial charge in [0.15, 0.2) is 5.11 Å². The first-order chi connectivity index (χ1) is 10.8. The van der Waals surface area contributed by atoms with Crippen LogP contribution in [0, 0.1) is 0 Å². The zero-order chi connectivity index (χ0) is 16.3. The molecule has 0 aliphatic heterocycles. The molecule has 0 aromatic carbocycles. The number of nitrogens with one attached hydrogen (secondary N) is 2. The molecular weight excluding hydrogens is 288 g/mol. The van der Waals surface area contributed by atoms with Gasteiger partial charge >= 0.3 is 0 Å². The highest BCUT2D eigenvalue weighted by Crippen LogP contribution is 2.10. The molecule has 2 nitrogen and oxygen atoms in total. The van der Waals surface area contributed by atoms with Crippen molar-refractivity contribution in [2.45, 2.75) is 104 Å². The fourth-order valence-electron chi connectivity index (χ4n) is 2.63. The van der Waals surface area contributed by atoms with Gasteiger partial charge in [0, 0.05) is 13.1 Å². The Labute approximate surface area is 145 Å². The molecule has 0 aromatic heterocycles. The Kier molecular flexibility index (Phi) is 18.5. The number of unbranched alkanes of at least 4 members (excludes halogenated alkanes) is 12. The van der Waals surface area contributed by atoms with Crippen LogP contribution in [-0.4, -0.2) is 18.2 Å². The van der Waals surface area contributed by atoms with Crippen molar-refractivity contribution in [3.63, 3.8) is 0 Å². The van der Waals surface area contributed by atoms with Crippen LogP contribution in [0.5, 0.6) is 0 Å². The van der Waals surface area contributed by atoms with Crippen LogP contribution in [0.3, 0.4) is 0 Å². The third-order valence-electron chi connectivity index (χ3n) is 4.13. The van der Waals surface area contributed by atoms with Crippen LogP contribution in [0.4, 0.5) is 0 Å². The van der Waals surface area contributed by atoms with Gasteiger partial charge in [0.1, 0.15) is 0 Å². The average molecular weight is 329 g/mol. The number of hydrogen-bond donors (Lipinski definition) is 2. The summed E-state index contributed by atoms with van der Waals surface area (Å²) >= 11 is 5.28. The largest absolute Gasteiger partial charge is 0.363 e. The van der Waals surface area contributed by atoms with Gasteiger partial charge in [0.25, 0.3) is 0 Å². The first-order valence-corrected chi connectivity index (χ1v) is 10.2. The van der Waals surface area contributed by atoms with E-state index in [0.29, 0.717) is 0 Å². The van der Waals surface area contributed by atoms with E-state index in [1.165, 1.54) is 89.9 Å². The van der Waals surface area contributed by atoms with E-state index < -0.39 is 0 Å². The lowest BCUT2D eigenvalue weighted by atomic mass is 10.1. The van der Waals surface area contributed by atoms with Crippen molar-refractivity contribution in [2.75, 3.05) is 13.1 Å². The minimum absolute atomic E-state index is 0.840. The third-order valence-corrected chi connectivity index (χ3v) is 4.42. The minimum Gasteiger partial charge on any atom is -0.363 e. The Balaban J connectivity index is 3.10. The van der Waals surface area contributed by atoms with E-state index in [1.54, 1.807) is 0 Å². The average Bonchev–Trinajstić information content (AvgIpc) is 2.52. The van der Waals surface area contributed by atoms with E-state index in [1.807, 2.05) is 0 Å². The van der Waals surface area contributed by atoms with Crippen molar-refractivity contribution in [1.82, 2.24) is 10.6 Å². The van der Waals surface area contributed by atoms with Crippen LogP contribution in [0.1, 0.15) is 104 Å². The third kappa shape index (κ3) is 17.7.